The summed E-state index contributed by atoms with van der Waals surface area (Å²) in [7, 11) is 0. The third kappa shape index (κ3) is 5.93. The number of aryl methyl sites for hydroxylation is 1. The highest BCUT2D eigenvalue weighted by molar-refractivity contribution is 5.96. The maximum atomic E-state index is 12.8. The molecule has 162 valence electrons. The summed E-state index contributed by atoms with van der Waals surface area (Å²) in [5, 5.41) is 9.31. The van der Waals surface area contributed by atoms with E-state index in [0.29, 0.717) is 24.5 Å². The van der Waals surface area contributed by atoms with E-state index in [9.17, 15) is 10.1 Å². The van der Waals surface area contributed by atoms with E-state index in [1.54, 1.807) is 13.0 Å². The fraction of sp³-hybridized carbons (Fsp3) is 0.333. The maximum absolute atomic E-state index is 12.8. The van der Waals surface area contributed by atoms with E-state index < -0.39 is 0 Å². The summed E-state index contributed by atoms with van der Waals surface area (Å²) < 4.78 is 6.16. The van der Waals surface area contributed by atoms with Crippen LogP contribution >= 0.6 is 0 Å². The second kappa shape index (κ2) is 10.7. The highest BCUT2D eigenvalue weighted by Crippen LogP contribution is 2.41. The summed E-state index contributed by atoms with van der Waals surface area (Å²) in [4.78, 5) is 12.8. The lowest BCUT2D eigenvalue weighted by Crippen LogP contribution is -2.17. The molecule has 1 unspecified atom stereocenters. The van der Waals surface area contributed by atoms with Crippen LogP contribution in [-0.4, -0.2) is 18.9 Å². The van der Waals surface area contributed by atoms with Crippen molar-refractivity contribution in [3.63, 3.8) is 0 Å². The van der Waals surface area contributed by atoms with Gasteiger partial charge in [-0.05, 0) is 82.5 Å². The molecule has 0 bridgehead atoms. The number of carbonyl (C=O) groups excluding carboxylic acids is 1. The van der Waals surface area contributed by atoms with E-state index in [-0.39, 0.29) is 11.7 Å². The van der Waals surface area contributed by atoms with Gasteiger partial charge in [-0.25, -0.2) is 0 Å². The van der Waals surface area contributed by atoms with Gasteiger partial charge >= 0.3 is 0 Å². The van der Waals surface area contributed by atoms with Crippen LogP contribution in [0.15, 0.2) is 76.6 Å². The van der Waals surface area contributed by atoms with Crippen LogP contribution in [0, 0.1) is 18.3 Å². The predicted octanol–water partition coefficient (Wildman–Crippen LogP) is 5.57. The van der Waals surface area contributed by atoms with Crippen molar-refractivity contribution in [2.24, 2.45) is 5.73 Å². The van der Waals surface area contributed by atoms with Crippen molar-refractivity contribution in [2.45, 2.75) is 47.0 Å². The smallest absolute Gasteiger partial charge is 0.156 e. The molecule has 1 aromatic carbocycles. The normalized spacial score (nSPS) is 14.5. The number of benzene rings is 1. The van der Waals surface area contributed by atoms with Crippen molar-refractivity contribution >= 4 is 5.78 Å². The molecule has 0 spiro atoms. The molecule has 0 heterocycles. The Morgan fingerprint density at radius 2 is 1.90 bits per heavy atom. The lowest BCUT2D eigenvalue weighted by atomic mass is 9.77. The monoisotopic (exact) mass is 416 g/mol. The molecule has 4 heteroatoms. The van der Waals surface area contributed by atoms with Crippen LogP contribution in [0.25, 0.3) is 0 Å². The molecular formula is C27H32N2O2. The average Bonchev–Trinajstić information content (AvgIpc) is 2.83. The Hall–Kier alpha value is -3.16. The van der Waals surface area contributed by atoms with Crippen molar-refractivity contribution in [3.05, 3.63) is 93.3 Å². The number of nitrogens with two attached hydrogens (primary N) is 1. The molecule has 0 saturated heterocycles. The maximum Gasteiger partial charge on any atom is 0.156 e. The van der Waals surface area contributed by atoms with Gasteiger partial charge in [-0.2, -0.15) is 5.26 Å². The number of Topliss-reactive ketones (excluding diaryl/α,β-unsaturated/α-hetero) is 1. The van der Waals surface area contributed by atoms with Crippen LogP contribution in [0.5, 0.6) is 0 Å². The van der Waals surface area contributed by atoms with E-state index in [0.717, 1.165) is 45.4 Å². The van der Waals surface area contributed by atoms with Gasteiger partial charge in [0, 0.05) is 17.1 Å². The number of allylic oxidation sites excluding steroid dienone is 8. The number of carbonyl (C=O) groups is 1. The highest BCUT2D eigenvalue weighted by atomic mass is 16.5. The quantitative estimate of drug-likeness (QED) is 0.444. The molecule has 1 atom stereocenters. The number of ketones is 1. The van der Waals surface area contributed by atoms with E-state index in [1.165, 1.54) is 0 Å². The molecule has 1 aromatic rings. The Morgan fingerprint density at radius 1 is 1.19 bits per heavy atom. The predicted molar refractivity (Wildman–Crippen MR) is 126 cm³/mol. The third-order valence-corrected chi connectivity index (χ3v) is 5.23. The molecular weight excluding hydrogens is 384 g/mol. The van der Waals surface area contributed by atoms with Crippen LogP contribution in [0.1, 0.15) is 56.7 Å². The van der Waals surface area contributed by atoms with Gasteiger partial charge in [-0.1, -0.05) is 35.9 Å². The van der Waals surface area contributed by atoms with E-state index in [2.05, 4.69) is 18.7 Å². The van der Waals surface area contributed by atoms with Crippen LogP contribution in [0.3, 0.4) is 0 Å². The molecule has 0 fully saturated rings. The molecule has 4 nitrogen and oxygen atoms in total. The summed E-state index contributed by atoms with van der Waals surface area (Å²) in [6.45, 7) is 14.6. The van der Waals surface area contributed by atoms with Crippen LogP contribution in [-0.2, 0) is 9.53 Å². The molecule has 0 aromatic heterocycles. The molecule has 2 rings (SSSR count). The van der Waals surface area contributed by atoms with E-state index >= 15 is 0 Å². The van der Waals surface area contributed by atoms with E-state index in [1.807, 2.05) is 52.0 Å². The molecule has 0 radical (unpaired) electrons. The molecule has 2 N–H and O–H groups in total. The first-order chi connectivity index (χ1) is 14.7. The molecule has 1 aliphatic rings. The van der Waals surface area contributed by atoms with Gasteiger partial charge in [-0.3, -0.25) is 4.79 Å². The molecule has 0 aliphatic heterocycles. The van der Waals surface area contributed by atoms with Crippen LogP contribution < -0.4 is 5.73 Å². The first kappa shape index (κ1) is 24.1. The van der Waals surface area contributed by atoms with Gasteiger partial charge in [0.05, 0.1) is 18.2 Å². The Labute approximate surface area is 186 Å². The fourth-order valence-electron chi connectivity index (χ4n) is 3.95. The van der Waals surface area contributed by atoms with Gasteiger partial charge < -0.3 is 10.5 Å². The second-order valence-electron chi connectivity index (χ2n) is 8.15. The van der Waals surface area contributed by atoms with Crippen LogP contribution in [0.4, 0.5) is 0 Å². The van der Waals surface area contributed by atoms with Gasteiger partial charge in [0.2, 0.25) is 0 Å². The van der Waals surface area contributed by atoms with Gasteiger partial charge in [0.1, 0.15) is 5.76 Å². The fourth-order valence-corrected chi connectivity index (χ4v) is 3.95. The highest BCUT2D eigenvalue weighted by Gasteiger charge is 2.30. The van der Waals surface area contributed by atoms with Crippen molar-refractivity contribution in [3.8, 4) is 6.07 Å². The Morgan fingerprint density at radius 3 is 2.45 bits per heavy atom. The Bertz CT molecular complexity index is 1040. The van der Waals surface area contributed by atoms with Crippen molar-refractivity contribution < 1.29 is 9.53 Å². The number of rotatable bonds is 8. The lowest BCUT2D eigenvalue weighted by Gasteiger charge is -2.27. The zero-order chi connectivity index (χ0) is 23.1. The minimum atomic E-state index is -0.325. The summed E-state index contributed by atoms with van der Waals surface area (Å²) in [5.41, 5.74) is 12.6. The summed E-state index contributed by atoms with van der Waals surface area (Å²) in [5.74, 6) is 0.384. The molecule has 0 amide bonds. The van der Waals surface area contributed by atoms with Crippen molar-refractivity contribution in [1.29, 1.82) is 5.26 Å². The van der Waals surface area contributed by atoms with Gasteiger partial charge in [0.15, 0.2) is 5.78 Å². The first-order valence-corrected chi connectivity index (χ1v) is 10.5. The first-order valence-electron chi connectivity index (χ1n) is 10.5. The topological polar surface area (TPSA) is 76.1 Å². The van der Waals surface area contributed by atoms with Crippen LogP contribution in [0.2, 0.25) is 0 Å². The summed E-state index contributed by atoms with van der Waals surface area (Å²) >= 11 is 0. The zero-order valence-corrected chi connectivity index (χ0v) is 19.2. The number of hydrogen-bond acceptors (Lipinski definition) is 4. The standard InChI is InChI=1S/C27H32N2O2/c1-17(2)26(21(6)30)27(23-9-8-22(16-29)15-20(23)5)24-13-18(3)12-19(4)14-25(24)31-11-7-10-28/h8-9,12-15,27H,4,7,10-11,28H2,1-3,5-6H3. The van der Waals surface area contributed by atoms with Crippen molar-refractivity contribution in [1.82, 2.24) is 0 Å². The summed E-state index contributed by atoms with van der Waals surface area (Å²) in [6.07, 6.45) is 6.72. The Balaban J connectivity index is 2.79. The third-order valence-electron chi connectivity index (χ3n) is 5.23. The van der Waals surface area contributed by atoms with E-state index in [4.69, 9.17) is 10.5 Å². The summed E-state index contributed by atoms with van der Waals surface area (Å²) in [6, 6.07) is 7.80. The second-order valence-corrected chi connectivity index (χ2v) is 8.15. The SMILES string of the molecule is C=C1C=C(C)C=C(C(C(C(C)=O)=C(C)C)c2ccc(C#N)cc2C)C(OCCCN)=C1. The molecule has 1 aliphatic carbocycles. The van der Waals surface area contributed by atoms with Crippen molar-refractivity contribution in [2.75, 3.05) is 13.2 Å². The molecule has 0 saturated carbocycles. The lowest BCUT2D eigenvalue weighted by molar-refractivity contribution is -0.113. The Kier molecular flexibility index (Phi) is 8.36. The van der Waals surface area contributed by atoms with Gasteiger partial charge in [0.25, 0.3) is 0 Å². The minimum Gasteiger partial charge on any atom is -0.493 e. The largest absolute Gasteiger partial charge is 0.493 e. The number of ether oxygens (including phenoxy) is 1. The minimum absolute atomic E-state index is 0.0145. The number of nitriles is 1. The van der Waals surface area contributed by atoms with Gasteiger partial charge in [-0.15, -0.1) is 0 Å². The number of hydrogen-bond donors (Lipinski definition) is 1. The molecule has 31 heavy (non-hydrogen) atoms. The number of nitrogens with zero attached hydrogens (tertiary/aromatic N) is 1. The average molecular weight is 417 g/mol. The zero-order valence-electron chi connectivity index (χ0n) is 19.2.